The SMILES string of the molecule is CC1CC(C)CN(C2=C(c3ccccc3)C(=O)N(CCc3ccccc3)C2=O)C1. The minimum atomic E-state index is -0.169. The Kier molecular flexibility index (Phi) is 5.52. The molecule has 2 aromatic rings. The van der Waals surface area contributed by atoms with Gasteiger partial charge >= 0.3 is 0 Å². The Morgan fingerprint density at radius 1 is 0.828 bits per heavy atom. The number of likely N-dealkylation sites (tertiary alicyclic amines) is 1. The largest absolute Gasteiger partial charge is 0.366 e. The summed E-state index contributed by atoms with van der Waals surface area (Å²) in [6, 6.07) is 19.6. The van der Waals surface area contributed by atoms with Crippen molar-refractivity contribution in [2.24, 2.45) is 11.8 Å². The van der Waals surface area contributed by atoms with Gasteiger partial charge in [0.25, 0.3) is 11.8 Å². The minimum Gasteiger partial charge on any atom is -0.366 e. The summed E-state index contributed by atoms with van der Waals surface area (Å²) in [4.78, 5) is 30.4. The van der Waals surface area contributed by atoms with Crippen LogP contribution in [0.2, 0.25) is 0 Å². The molecule has 0 N–H and O–H groups in total. The van der Waals surface area contributed by atoms with Gasteiger partial charge in [-0.1, -0.05) is 74.5 Å². The van der Waals surface area contributed by atoms with Crippen LogP contribution < -0.4 is 0 Å². The summed E-state index contributed by atoms with van der Waals surface area (Å²) in [5.41, 5.74) is 3.11. The van der Waals surface area contributed by atoms with Crippen molar-refractivity contribution in [1.29, 1.82) is 0 Å². The van der Waals surface area contributed by atoms with E-state index in [4.69, 9.17) is 0 Å². The molecular weight excluding hydrogens is 360 g/mol. The number of carbonyl (C=O) groups excluding carboxylic acids is 2. The molecule has 0 bridgehead atoms. The Hall–Kier alpha value is -2.88. The molecule has 29 heavy (non-hydrogen) atoms. The number of imide groups is 1. The standard InChI is InChI=1S/C25H28N2O2/c1-18-15-19(2)17-26(16-18)23-22(21-11-7-4-8-12-21)24(28)27(25(23)29)14-13-20-9-5-3-6-10-20/h3-12,18-19H,13-17H2,1-2H3. The molecule has 0 radical (unpaired) electrons. The lowest BCUT2D eigenvalue weighted by atomic mass is 9.91. The number of hydrogen-bond acceptors (Lipinski definition) is 3. The molecule has 2 unspecified atom stereocenters. The van der Waals surface area contributed by atoms with Crippen molar-refractivity contribution in [3.05, 3.63) is 77.5 Å². The normalized spacial score (nSPS) is 22.6. The van der Waals surface area contributed by atoms with E-state index in [1.165, 1.54) is 4.90 Å². The van der Waals surface area contributed by atoms with Crippen LogP contribution >= 0.6 is 0 Å². The van der Waals surface area contributed by atoms with Gasteiger partial charge in [-0.2, -0.15) is 0 Å². The molecule has 2 aliphatic heterocycles. The van der Waals surface area contributed by atoms with Crippen molar-refractivity contribution in [3.63, 3.8) is 0 Å². The number of rotatable bonds is 5. The molecule has 1 fully saturated rings. The second-order valence-electron chi connectivity index (χ2n) is 8.44. The Bertz CT molecular complexity index is 910. The summed E-state index contributed by atoms with van der Waals surface area (Å²) in [6.45, 7) is 6.49. The van der Waals surface area contributed by atoms with Gasteiger partial charge in [0.05, 0.1) is 5.57 Å². The molecule has 0 aromatic heterocycles. The average molecular weight is 389 g/mol. The maximum Gasteiger partial charge on any atom is 0.277 e. The van der Waals surface area contributed by atoms with Gasteiger partial charge in [0.2, 0.25) is 0 Å². The Morgan fingerprint density at radius 3 is 2.03 bits per heavy atom. The molecule has 4 nitrogen and oxygen atoms in total. The predicted molar refractivity (Wildman–Crippen MR) is 115 cm³/mol. The van der Waals surface area contributed by atoms with Crippen molar-refractivity contribution in [2.75, 3.05) is 19.6 Å². The van der Waals surface area contributed by atoms with Crippen LogP contribution in [-0.4, -0.2) is 41.2 Å². The molecule has 4 rings (SSSR count). The number of hydrogen-bond donors (Lipinski definition) is 0. The van der Waals surface area contributed by atoms with Crippen molar-refractivity contribution in [2.45, 2.75) is 26.7 Å². The third-order valence-corrected chi connectivity index (χ3v) is 5.86. The number of benzene rings is 2. The third kappa shape index (κ3) is 3.98. The highest BCUT2D eigenvalue weighted by molar-refractivity contribution is 6.35. The van der Waals surface area contributed by atoms with Gasteiger partial charge in [-0.25, -0.2) is 0 Å². The van der Waals surface area contributed by atoms with Gasteiger partial charge in [-0.3, -0.25) is 14.5 Å². The number of amides is 2. The van der Waals surface area contributed by atoms with Crippen LogP contribution in [0.25, 0.3) is 5.57 Å². The predicted octanol–water partition coefficient (Wildman–Crippen LogP) is 3.99. The maximum atomic E-state index is 13.4. The highest BCUT2D eigenvalue weighted by atomic mass is 16.2. The fourth-order valence-electron chi connectivity index (χ4n) is 4.66. The fraction of sp³-hybridized carbons (Fsp3) is 0.360. The van der Waals surface area contributed by atoms with Crippen molar-refractivity contribution in [1.82, 2.24) is 9.80 Å². The maximum absolute atomic E-state index is 13.4. The van der Waals surface area contributed by atoms with Crippen molar-refractivity contribution in [3.8, 4) is 0 Å². The summed E-state index contributed by atoms with van der Waals surface area (Å²) in [7, 11) is 0. The minimum absolute atomic E-state index is 0.147. The second kappa shape index (κ2) is 8.24. The monoisotopic (exact) mass is 388 g/mol. The number of carbonyl (C=O) groups is 2. The highest BCUT2D eigenvalue weighted by Gasteiger charge is 2.42. The Labute approximate surface area is 172 Å². The van der Waals surface area contributed by atoms with Crippen LogP contribution in [0.3, 0.4) is 0 Å². The molecular formula is C25H28N2O2. The average Bonchev–Trinajstić information content (AvgIpc) is 2.97. The molecule has 2 aliphatic rings. The summed E-state index contributed by atoms with van der Waals surface area (Å²) >= 11 is 0. The quantitative estimate of drug-likeness (QED) is 0.728. The van der Waals surface area contributed by atoms with Gasteiger partial charge in [0.15, 0.2) is 0 Å². The zero-order valence-corrected chi connectivity index (χ0v) is 17.2. The Morgan fingerprint density at radius 2 is 1.41 bits per heavy atom. The third-order valence-electron chi connectivity index (χ3n) is 5.86. The summed E-state index contributed by atoms with van der Waals surface area (Å²) < 4.78 is 0. The first-order chi connectivity index (χ1) is 14.0. The first-order valence-corrected chi connectivity index (χ1v) is 10.5. The lowest BCUT2D eigenvalue weighted by Crippen LogP contribution is -2.42. The van der Waals surface area contributed by atoms with Crippen LogP contribution in [-0.2, 0) is 16.0 Å². The molecule has 2 heterocycles. The molecule has 2 amide bonds. The van der Waals surface area contributed by atoms with Gasteiger partial charge < -0.3 is 4.90 Å². The van der Waals surface area contributed by atoms with Crippen LogP contribution in [0.4, 0.5) is 0 Å². The van der Waals surface area contributed by atoms with Gasteiger partial charge in [0, 0.05) is 19.6 Å². The zero-order valence-electron chi connectivity index (χ0n) is 17.2. The first kappa shape index (κ1) is 19.4. The second-order valence-corrected chi connectivity index (χ2v) is 8.44. The molecule has 2 aromatic carbocycles. The van der Waals surface area contributed by atoms with E-state index >= 15 is 0 Å². The molecule has 2 atom stereocenters. The molecule has 0 spiro atoms. The van der Waals surface area contributed by atoms with Gasteiger partial charge in [-0.05, 0) is 35.8 Å². The summed E-state index contributed by atoms with van der Waals surface area (Å²) in [5, 5.41) is 0. The van der Waals surface area contributed by atoms with E-state index < -0.39 is 0 Å². The fourth-order valence-corrected chi connectivity index (χ4v) is 4.66. The summed E-state index contributed by atoms with van der Waals surface area (Å²) in [5.74, 6) is 0.693. The van der Waals surface area contributed by atoms with Crippen LogP contribution in [0, 0.1) is 11.8 Å². The Balaban J connectivity index is 1.66. The zero-order chi connectivity index (χ0) is 20.4. The van der Waals surface area contributed by atoms with Crippen LogP contribution in [0.1, 0.15) is 31.4 Å². The molecule has 0 saturated carbocycles. The highest BCUT2D eigenvalue weighted by Crippen LogP contribution is 2.35. The lowest BCUT2D eigenvalue weighted by Gasteiger charge is -2.37. The van der Waals surface area contributed by atoms with E-state index in [0.717, 1.165) is 30.6 Å². The number of nitrogens with zero attached hydrogens (tertiary/aromatic N) is 2. The van der Waals surface area contributed by atoms with E-state index in [1.54, 1.807) is 0 Å². The molecule has 1 saturated heterocycles. The van der Waals surface area contributed by atoms with Crippen LogP contribution in [0.15, 0.2) is 66.4 Å². The number of piperidine rings is 1. The van der Waals surface area contributed by atoms with Gasteiger partial charge in [-0.15, -0.1) is 0 Å². The molecule has 0 aliphatic carbocycles. The van der Waals surface area contributed by atoms with Crippen molar-refractivity contribution >= 4 is 17.4 Å². The van der Waals surface area contributed by atoms with Crippen LogP contribution in [0.5, 0.6) is 0 Å². The van der Waals surface area contributed by atoms with E-state index in [2.05, 4.69) is 18.7 Å². The van der Waals surface area contributed by atoms with Gasteiger partial charge in [0.1, 0.15) is 5.70 Å². The van der Waals surface area contributed by atoms with E-state index in [9.17, 15) is 9.59 Å². The van der Waals surface area contributed by atoms with Crippen molar-refractivity contribution < 1.29 is 9.59 Å². The summed E-state index contributed by atoms with van der Waals surface area (Å²) in [6.07, 6.45) is 1.82. The molecule has 4 heteroatoms. The first-order valence-electron chi connectivity index (χ1n) is 10.5. The van der Waals surface area contributed by atoms with E-state index in [-0.39, 0.29) is 11.8 Å². The molecule has 150 valence electrons. The smallest absolute Gasteiger partial charge is 0.277 e. The lowest BCUT2D eigenvalue weighted by molar-refractivity contribution is -0.137. The topological polar surface area (TPSA) is 40.6 Å². The van der Waals surface area contributed by atoms with E-state index in [1.807, 2.05) is 60.7 Å². The van der Waals surface area contributed by atoms with E-state index in [0.29, 0.717) is 36.1 Å².